The van der Waals surface area contributed by atoms with Crippen LogP contribution in [-0.2, 0) is 6.42 Å². The molecule has 0 aliphatic heterocycles. The van der Waals surface area contributed by atoms with E-state index in [9.17, 15) is 27.9 Å². The minimum absolute atomic E-state index is 0.00540. The number of nitrogens with zero attached hydrogens (tertiary/aromatic N) is 2. The Morgan fingerprint density at radius 1 is 1.19 bits per heavy atom. The highest BCUT2D eigenvalue weighted by atomic mass is 32.1. The van der Waals surface area contributed by atoms with Gasteiger partial charge in [0.2, 0.25) is 0 Å². The number of aliphatic hydroxyl groups is 1. The number of benzene rings is 2. The lowest BCUT2D eigenvalue weighted by molar-refractivity contribution is -0.0966. The highest BCUT2D eigenvalue weighted by Gasteiger charge is 2.50. The molecule has 5 rings (SSSR count). The first-order valence-corrected chi connectivity index (χ1v) is 11.1. The lowest BCUT2D eigenvalue weighted by Crippen LogP contribution is -2.22. The van der Waals surface area contributed by atoms with Crippen LogP contribution in [0.1, 0.15) is 69.3 Å². The molecule has 3 nitrogen and oxygen atoms in total. The fourth-order valence-corrected chi connectivity index (χ4v) is 5.73. The van der Waals surface area contributed by atoms with Crippen molar-refractivity contribution in [1.82, 2.24) is 4.98 Å². The largest absolute Gasteiger partial charge is 0.382 e. The van der Waals surface area contributed by atoms with Crippen molar-refractivity contribution < 1.29 is 22.7 Å². The Kier molecular flexibility index (Phi) is 4.88. The number of fused-ring (bicyclic) bond motifs is 2. The molecule has 0 saturated heterocycles. The molecule has 1 N–H and O–H groups in total. The Bertz CT molecular complexity index is 1280. The minimum atomic E-state index is -3.36. The van der Waals surface area contributed by atoms with Gasteiger partial charge in [-0.1, -0.05) is 12.1 Å². The van der Waals surface area contributed by atoms with E-state index in [1.807, 2.05) is 13.0 Å². The van der Waals surface area contributed by atoms with E-state index >= 15 is 0 Å². The summed E-state index contributed by atoms with van der Waals surface area (Å²) in [6, 6.07) is 7.45. The summed E-state index contributed by atoms with van der Waals surface area (Å²) in [7, 11) is 0. The zero-order valence-corrected chi connectivity index (χ0v) is 17.8. The highest BCUT2D eigenvalue weighted by molar-refractivity contribution is 7.10. The third kappa shape index (κ3) is 3.06. The summed E-state index contributed by atoms with van der Waals surface area (Å²) < 4.78 is 58.1. The Hall–Kier alpha value is -2.76. The highest BCUT2D eigenvalue weighted by Crippen LogP contribution is 2.53. The Balaban J connectivity index is 1.75. The first-order valence-electron chi connectivity index (χ1n) is 10.2. The number of nitriles is 1. The van der Waals surface area contributed by atoms with Gasteiger partial charge in [-0.2, -0.15) is 5.26 Å². The van der Waals surface area contributed by atoms with E-state index < -0.39 is 36.4 Å². The molecule has 0 bridgehead atoms. The number of hydrogen-bond acceptors (Lipinski definition) is 4. The van der Waals surface area contributed by atoms with Gasteiger partial charge in [0.15, 0.2) is 0 Å². The Morgan fingerprint density at radius 3 is 2.66 bits per heavy atom. The van der Waals surface area contributed by atoms with Gasteiger partial charge in [0.05, 0.1) is 22.8 Å². The van der Waals surface area contributed by atoms with Gasteiger partial charge in [-0.15, -0.1) is 11.3 Å². The molecule has 2 aromatic carbocycles. The zero-order chi connectivity index (χ0) is 22.8. The smallest absolute Gasteiger partial charge is 0.281 e. The molecule has 2 aliphatic rings. The van der Waals surface area contributed by atoms with Crippen molar-refractivity contribution in [1.29, 1.82) is 5.26 Å². The molecule has 0 spiro atoms. The van der Waals surface area contributed by atoms with Crippen molar-refractivity contribution in [3.63, 3.8) is 0 Å². The van der Waals surface area contributed by atoms with E-state index in [2.05, 4.69) is 4.98 Å². The molecule has 0 fully saturated rings. The molecule has 0 unspecified atom stereocenters. The second-order valence-corrected chi connectivity index (χ2v) is 9.42. The number of aryl methyl sites for hydroxylation is 1. The minimum Gasteiger partial charge on any atom is -0.382 e. The van der Waals surface area contributed by atoms with Crippen LogP contribution >= 0.6 is 11.3 Å². The lowest BCUT2D eigenvalue weighted by Gasteiger charge is -2.31. The number of thiazole rings is 1. The SMILES string of the molecule is Cc1scnc1-c1ccc([C@H]2CC[C@H](F)c3cc(F)cc(C#N)c32)c2c1[C@H](O)C(F)(F)C2. The summed E-state index contributed by atoms with van der Waals surface area (Å²) in [4.78, 5) is 5.14. The fraction of sp³-hybridized carbons (Fsp3) is 0.333. The fourth-order valence-electron chi connectivity index (χ4n) is 5.14. The van der Waals surface area contributed by atoms with E-state index in [0.29, 0.717) is 27.9 Å². The van der Waals surface area contributed by atoms with Gasteiger partial charge in [-0.25, -0.2) is 22.5 Å². The predicted octanol–water partition coefficient (Wildman–Crippen LogP) is 6.29. The van der Waals surface area contributed by atoms with E-state index in [1.54, 1.807) is 17.6 Å². The Morgan fingerprint density at radius 2 is 1.97 bits per heavy atom. The average molecular weight is 458 g/mol. The summed E-state index contributed by atoms with van der Waals surface area (Å²) in [6.45, 7) is 1.83. The van der Waals surface area contributed by atoms with E-state index in [-0.39, 0.29) is 29.5 Å². The van der Waals surface area contributed by atoms with Crippen LogP contribution in [0, 0.1) is 24.1 Å². The van der Waals surface area contributed by atoms with E-state index in [1.165, 1.54) is 11.3 Å². The molecule has 0 amide bonds. The van der Waals surface area contributed by atoms with Crippen molar-refractivity contribution in [3.05, 3.63) is 73.9 Å². The third-order valence-electron chi connectivity index (χ3n) is 6.55. The maximum atomic E-state index is 14.7. The molecule has 32 heavy (non-hydrogen) atoms. The van der Waals surface area contributed by atoms with Crippen molar-refractivity contribution in [2.45, 2.75) is 50.3 Å². The van der Waals surface area contributed by atoms with Gasteiger partial charge in [0, 0.05) is 22.8 Å². The van der Waals surface area contributed by atoms with Gasteiger partial charge in [0.25, 0.3) is 5.92 Å². The molecule has 0 saturated carbocycles. The van der Waals surface area contributed by atoms with E-state index in [4.69, 9.17) is 0 Å². The molecule has 0 radical (unpaired) electrons. The monoisotopic (exact) mass is 458 g/mol. The summed E-state index contributed by atoms with van der Waals surface area (Å²) in [6.07, 6.45) is -3.70. The quantitative estimate of drug-likeness (QED) is 0.459. The standard InChI is InChI=1S/C24H18F4N2OS/c1-11-22(30-10-32-11)16-3-2-14(18-8-24(27,28)23(31)21(16)18)15-4-5-19(26)17-7-13(25)6-12(9-29)20(15)17/h2-3,6-7,10,15,19,23,31H,4-5,8H2,1H3/t15-,19+,23+/m1/s1. The maximum Gasteiger partial charge on any atom is 0.281 e. The van der Waals surface area contributed by atoms with Crippen LogP contribution in [0.25, 0.3) is 11.3 Å². The topological polar surface area (TPSA) is 56.9 Å². The summed E-state index contributed by atoms with van der Waals surface area (Å²) in [5.41, 5.74) is 4.01. The maximum absolute atomic E-state index is 14.7. The first-order chi connectivity index (χ1) is 15.2. The number of aliphatic hydroxyl groups excluding tert-OH is 1. The van der Waals surface area contributed by atoms with Gasteiger partial charge in [-0.05, 0) is 59.7 Å². The van der Waals surface area contributed by atoms with Crippen LogP contribution in [0.4, 0.5) is 17.6 Å². The third-order valence-corrected chi connectivity index (χ3v) is 7.30. The molecule has 164 valence electrons. The van der Waals surface area contributed by atoms with Crippen molar-refractivity contribution in [3.8, 4) is 17.3 Å². The zero-order valence-electron chi connectivity index (χ0n) is 17.0. The second-order valence-electron chi connectivity index (χ2n) is 8.36. The van der Waals surface area contributed by atoms with Gasteiger partial charge in [0.1, 0.15) is 18.1 Å². The summed E-state index contributed by atoms with van der Waals surface area (Å²) in [5, 5.41) is 20.1. The van der Waals surface area contributed by atoms with Gasteiger partial charge in [-0.3, -0.25) is 0 Å². The van der Waals surface area contributed by atoms with Crippen LogP contribution in [0.2, 0.25) is 0 Å². The van der Waals surface area contributed by atoms with Crippen LogP contribution < -0.4 is 0 Å². The van der Waals surface area contributed by atoms with Crippen molar-refractivity contribution >= 4 is 11.3 Å². The molecular weight excluding hydrogens is 440 g/mol. The predicted molar refractivity (Wildman–Crippen MR) is 112 cm³/mol. The number of rotatable bonds is 2. The summed E-state index contributed by atoms with van der Waals surface area (Å²) >= 11 is 1.38. The number of hydrogen-bond donors (Lipinski definition) is 1. The molecule has 8 heteroatoms. The van der Waals surface area contributed by atoms with Crippen molar-refractivity contribution in [2.75, 3.05) is 0 Å². The van der Waals surface area contributed by atoms with Gasteiger partial charge >= 0.3 is 0 Å². The first kappa shape index (κ1) is 21.1. The van der Waals surface area contributed by atoms with Crippen LogP contribution in [0.5, 0.6) is 0 Å². The van der Waals surface area contributed by atoms with Crippen LogP contribution in [0.3, 0.4) is 0 Å². The van der Waals surface area contributed by atoms with E-state index in [0.717, 1.165) is 17.0 Å². The molecule has 1 heterocycles. The summed E-state index contributed by atoms with van der Waals surface area (Å²) in [5.74, 6) is -4.62. The van der Waals surface area contributed by atoms with Crippen LogP contribution in [-0.4, -0.2) is 16.0 Å². The number of alkyl halides is 3. The lowest BCUT2D eigenvalue weighted by atomic mass is 9.74. The normalized spacial score (nSPS) is 23.5. The molecule has 2 aliphatic carbocycles. The van der Waals surface area contributed by atoms with Crippen LogP contribution in [0.15, 0.2) is 29.8 Å². The molecule has 1 aromatic heterocycles. The number of aromatic nitrogens is 1. The average Bonchev–Trinajstić information content (AvgIpc) is 3.28. The van der Waals surface area contributed by atoms with Crippen molar-refractivity contribution in [2.24, 2.45) is 0 Å². The number of halogens is 4. The van der Waals surface area contributed by atoms with Gasteiger partial charge < -0.3 is 5.11 Å². The molecule has 3 aromatic rings. The second kappa shape index (κ2) is 7.39. The Labute approximate surface area is 186 Å². The molecule has 3 atom stereocenters. The molecular formula is C24H18F4N2OS.